The van der Waals surface area contributed by atoms with Gasteiger partial charge >= 0.3 is 12.4 Å². The summed E-state index contributed by atoms with van der Waals surface area (Å²) in [5.41, 5.74) is -8.14. The Morgan fingerprint density at radius 1 is 0.840 bits per heavy atom. The third-order valence-corrected chi connectivity index (χ3v) is 11.8. The smallest absolute Gasteiger partial charge is 0.349 e. The number of nitrogens with zero attached hydrogens (tertiary/aromatic N) is 2. The van der Waals surface area contributed by atoms with Crippen LogP contribution in [-0.2, 0) is 41.1 Å². The number of likely N-dealkylation sites (tertiary alicyclic amines) is 2. The monoisotopic (exact) mass is 736 g/mol. The number of rotatable bonds is 8. The van der Waals surface area contributed by atoms with Crippen molar-refractivity contribution in [2.45, 2.75) is 54.0 Å². The van der Waals surface area contributed by atoms with Crippen molar-refractivity contribution in [3.8, 4) is 0 Å². The van der Waals surface area contributed by atoms with Gasteiger partial charge in [-0.05, 0) is 54.8 Å². The molecule has 0 N–H and O–H groups in total. The van der Waals surface area contributed by atoms with Gasteiger partial charge in [0.15, 0.2) is 9.84 Å². The summed E-state index contributed by atoms with van der Waals surface area (Å²) in [5, 5.41) is 0. The lowest BCUT2D eigenvalue weighted by Gasteiger charge is -2.38. The van der Waals surface area contributed by atoms with E-state index in [4.69, 9.17) is 0 Å². The van der Waals surface area contributed by atoms with E-state index in [0.717, 1.165) is 42.5 Å². The molecule has 270 valence electrons. The van der Waals surface area contributed by atoms with Gasteiger partial charge in [-0.1, -0.05) is 30.3 Å². The van der Waals surface area contributed by atoms with Crippen LogP contribution >= 0.6 is 0 Å². The number of carbonyl (C=O) groups is 2. The molecule has 50 heavy (non-hydrogen) atoms. The summed E-state index contributed by atoms with van der Waals surface area (Å²) < 4.78 is 160. The van der Waals surface area contributed by atoms with Crippen LogP contribution in [0.5, 0.6) is 0 Å². The Morgan fingerprint density at radius 2 is 1.42 bits per heavy atom. The highest BCUT2D eigenvalue weighted by atomic mass is 32.2. The van der Waals surface area contributed by atoms with Crippen LogP contribution in [0, 0.1) is 23.4 Å². The molecule has 0 aromatic heterocycles. The summed E-state index contributed by atoms with van der Waals surface area (Å²) in [7, 11) is -4.63. The minimum Gasteiger partial charge on any atom is -0.349 e. The Balaban J connectivity index is 1.58. The number of benzene rings is 3. The van der Waals surface area contributed by atoms with Gasteiger partial charge < -0.3 is 14.5 Å². The first kappa shape index (κ1) is 37.1. The molecule has 0 spiro atoms. The number of sulfone groups is 1. The van der Waals surface area contributed by atoms with Crippen LogP contribution in [0.1, 0.15) is 36.5 Å². The van der Waals surface area contributed by atoms with Crippen molar-refractivity contribution in [1.29, 1.82) is 0 Å². The first-order valence-electron chi connectivity index (χ1n) is 15.1. The summed E-state index contributed by atoms with van der Waals surface area (Å²) >= 11 is 0. The molecule has 2 saturated heterocycles. The minimum atomic E-state index is -6.24. The fraction of sp³-hybridized carbons (Fsp3) is 0.394. The predicted molar refractivity (Wildman–Crippen MR) is 158 cm³/mol. The SMILES string of the molecule is CC(=O)N1CC[C@@H](C(=O)N2CC[C@](c3ccc(C(OCc4c(F)cccc4F)(C(F)(F)F)C(F)(F)F)cc3)(S(=O)(=O)c3ccc(F)cc3)C2)C1. The van der Waals surface area contributed by atoms with Crippen LogP contribution in [0.2, 0.25) is 0 Å². The molecule has 7 nitrogen and oxygen atoms in total. The summed E-state index contributed by atoms with van der Waals surface area (Å²) in [5.74, 6) is -5.12. The molecule has 17 heteroatoms. The maximum absolute atomic E-state index is 14.5. The lowest BCUT2D eigenvalue weighted by atomic mass is 9.88. The minimum absolute atomic E-state index is 0.0742. The molecule has 0 aliphatic carbocycles. The summed E-state index contributed by atoms with van der Waals surface area (Å²) in [6, 6.07) is 7.90. The van der Waals surface area contributed by atoms with E-state index >= 15 is 0 Å². The lowest BCUT2D eigenvalue weighted by Crippen LogP contribution is -2.56. The molecule has 2 fully saturated rings. The number of alkyl halides is 6. The molecule has 0 saturated carbocycles. The number of hydrogen-bond donors (Lipinski definition) is 0. The number of hydrogen-bond acceptors (Lipinski definition) is 5. The molecule has 0 radical (unpaired) electrons. The normalized spacial score (nSPS) is 20.4. The Morgan fingerprint density at radius 3 is 1.94 bits per heavy atom. The lowest BCUT2D eigenvalue weighted by molar-refractivity contribution is -0.392. The third-order valence-electron chi connectivity index (χ3n) is 9.28. The number of halogens is 9. The second kappa shape index (κ2) is 13.2. The van der Waals surface area contributed by atoms with Gasteiger partial charge in [-0.2, -0.15) is 26.3 Å². The van der Waals surface area contributed by atoms with Crippen LogP contribution in [0.25, 0.3) is 0 Å². The van der Waals surface area contributed by atoms with Crippen molar-refractivity contribution in [2.75, 3.05) is 26.2 Å². The van der Waals surface area contributed by atoms with Gasteiger partial charge in [0, 0.05) is 44.2 Å². The van der Waals surface area contributed by atoms with E-state index in [2.05, 4.69) is 4.74 Å². The molecule has 2 atom stereocenters. The molecule has 5 rings (SSSR count). The van der Waals surface area contributed by atoms with E-state index < -0.39 is 91.0 Å². The van der Waals surface area contributed by atoms with Crippen molar-refractivity contribution in [1.82, 2.24) is 9.80 Å². The maximum atomic E-state index is 14.5. The average molecular weight is 737 g/mol. The molecule has 2 amide bonds. The van der Waals surface area contributed by atoms with Crippen LogP contribution in [0.4, 0.5) is 39.5 Å². The van der Waals surface area contributed by atoms with Gasteiger partial charge in [0.1, 0.15) is 22.2 Å². The standard InChI is InChI=1S/C33H29F9N2O5S/c1-20(45)43-15-13-21(17-43)29(46)44-16-14-30(19-44,50(47,48)25-11-9-24(34)10-12-25)22-5-7-23(8-6-22)31(32(37,38)39,33(40,41)42)49-18-26-27(35)3-2-4-28(26)36/h2-12,21H,13-19H2,1H3/t21-,30+/m1/s1. The van der Waals surface area contributed by atoms with Gasteiger partial charge in [-0.15, -0.1) is 0 Å². The van der Waals surface area contributed by atoms with E-state index in [1.807, 2.05) is 0 Å². The second-order valence-corrected chi connectivity index (χ2v) is 14.4. The molecule has 2 aliphatic rings. The number of amides is 2. The van der Waals surface area contributed by atoms with E-state index in [1.54, 1.807) is 0 Å². The molecule has 2 aliphatic heterocycles. The first-order valence-corrected chi connectivity index (χ1v) is 16.6. The van der Waals surface area contributed by atoms with E-state index in [0.29, 0.717) is 24.3 Å². The van der Waals surface area contributed by atoms with Crippen molar-refractivity contribution >= 4 is 21.7 Å². The predicted octanol–water partition coefficient (Wildman–Crippen LogP) is 6.41. The quantitative estimate of drug-likeness (QED) is 0.197. The fourth-order valence-corrected chi connectivity index (χ4v) is 8.60. The Hall–Kier alpha value is -4.12. The van der Waals surface area contributed by atoms with Crippen LogP contribution < -0.4 is 0 Å². The summed E-state index contributed by atoms with van der Waals surface area (Å²) in [6.45, 7) is -0.835. The molecular weight excluding hydrogens is 707 g/mol. The van der Waals surface area contributed by atoms with Gasteiger partial charge in [0.25, 0.3) is 5.60 Å². The number of carbonyl (C=O) groups excluding carboxylic acids is 2. The van der Waals surface area contributed by atoms with Crippen LogP contribution in [0.15, 0.2) is 71.6 Å². The van der Waals surface area contributed by atoms with Gasteiger partial charge in [0.2, 0.25) is 11.8 Å². The highest BCUT2D eigenvalue weighted by Crippen LogP contribution is 2.54. The Bertz CT molecular complexity index is 1830. The first-order chi connectivity index (χ1) is 23.2. The van der Waals surface area contributed by atoms with E-state index in [-0.39, 0.29) is 43.9 Å². The van der Waals surface area contributed by atoms with Crippen LogP contribution in [-0.4, -0.2) is 68.6 Å². The molecular formula is C33H29F9N2O5S. The zero-order chi connectivity index (χ0) is 36.9. The summed E-state index contributed by atoms with van der Waals surface area (Å²) in [4.78, 5) is 27.6. The third kappa shape index (κ3) is 6.33. The highest BCUT2D eigenvalue weighted by Gasteiger charge is 2.73. The second-order valence-electron chi connectivity index (χ2n) is 12.2. The zero-order valence-corrected chi connectivity index (χ0v) is 26.9. The van der Waals surface area contributed by atoms with Crippen molar-refractivity contribution in [3.05, 3.63) is 101 Å². The molecule has 0 bridgehead atoms. The summed E-state index contributed by atoms with van der Waals surface area (Å²) in [6.07, 6.45) is -12.5. The van der Waals surface area contributed by atoms with E-state index in [9.17, 15) is 57.5 Å². The van der Waals surface area contributed by atoms with Crippen molar-refractivity contribution in [2.24, 2.45) is 5.92 Å². The molecule has 2 heterocycles. The topological polar surface area (TPSA) is 84.0 Å². The zero-order valence-electron chi connectivity index (χ0n) is 26.1. The van der Waals surface area contributed by atoms with Crippen LogP contribution in [0.3, 0.4) is 0 Å². The Kier molecular flexibility index (Phi) is 9.81. The van der Waals surface area contributed by atoms with Gasteiger partial charge in [-0.3, -0.25) is 9.59 Å². The molecule has 3 aromatic carbocycles. The average Bonchev–Trinajstić information content (AvgIpc) is 3.71. The maximum Gasteiger partial charge on any atom is 0.430 e. The highest BCUT2D eigenvalue weighted by molar-refractivity contribution is 7.92. The van der Waals surface area contributed by atoms with Crippen molar-refractivity contribution in [3.63, 3.8) is 0 Å². The number of ether oxygens (including phenoxy) is 1. The molecule has 0 unspecified atom stereocenters. The van der Waals surface area contributed by atoms with Crippen molar-refractivity contribution < 1.29 is 62.3 Å². The van der Waals surface area contributed by atoms with E-state index in [1.165, 1.54) is 16.7 Å². The largest absolute Gasteiger partial charge is 0.430 e. The molecule has 3 aromatic rings. The fourth-order valence-electron chi connectivity index (χ4n) is 6.52. The Labute approximate surface area is 280 Å². The van der Waals surface area contributed by atoms with Gasteiger partial charge in [0.05, 0.1) is 17.4 Å². The van der Waals surface area contributed by atoms with Gasteiger partial charge in [-0.25, -0.2) is 21.6 Å².